The average Bonchev–Trinajstić information content (AvgIpc) is 3.35. The van der Waals surface area contributed by atoms with Gasteiger partial charge < -0.3 is 0 Å². The molecule has 1 saturated heterocycles. The number of hydrogen-bond acceptors (Lipinski definition) is 5. The minimum atomic E-state index is -4.76. The first-order valence-corrected chi connectivity index (χ1v) is 11.3. The number of likely N-dealkylation sites (tertiary alicyclic amines) is 1. The summed E-state index contributed by atoms with van der Waals surface area (Å²) in [4.78, 5) is 19.4. The molecule has 0 aliphatic carbocycles. The van der Waals surface area contributed by atoms with Crippen LogP contribution in [0.15, 0.2) is 35.8 Å². The number of aromatic nitrogens is 3. The maximum absolute atomic E-state index is 13.8. The molecule has 1 aliphatic heterocycles. The van der Waals surface area contributed by atoms with Gasteiger partial charge in [-0.2, -0.15) is 18.3 Å². The van der Waals surface area contributed by atoms with Gasteiger partial charge in [0, 0.05) is 18.5 Å². The number of alkyl halides is 3. The number of rotatable bonds is 5. The van der Waals surface area contributed by atoms with Crippen LogP contribution in [0.5, 0.6) is 0 Å². The summed E-state index contributed by atoms with van der Waals surface area (Å²) in [6.45, 7) is 6.71. The maximum atomic E-state index is 13.8. The van der Waals surface area contributed by atoms with Gasteiger partial charge in [-0.3, -0.25) is 15.0 Å². The Hall–Kier alpha value is -2.72. The average molecular weight is 464 g/mol. The Morgan fingerprint density at radius 2 is 2.03 bits per heavy atom. The largest absolute Gasteiger partial charge is 0.434 e. The van der Waals surface area contributed by atoms with Crippen LogP contribution in [0, 0.1) is 12.8 Å². The van der Waals surface area contributed by atoms with E-state index in [-0.39, 0.29) is 10.8 Å². The molecule has 0 spiro atoms. The molecule has 2 aromatic heterocycles. The molecule has 1 atom stereocenters. The van der Waals surface area contributed by atoms with Gasteiger partial charge in [0.2, 0.25) is 0 Å². The Balaban J connectivity index is 1.52. The second kappa shape index (κ2) is 9.03. The normalized spacial score (nSPS) is 17.5. The standard InChI is InChI=1S/C22H24F3N5OS/c1-14-5-7-17(8-6-14)30-19(22(23,24)25)18(10-26-30)20(31)28-21-27-16(13-32-21)12-29-9-3-4-15(2)11-29/h5-8,10,13,15H,3-4,9,11-12H2,1-2H3,(H,27,28,31). The number of halogens is 3. The third kappa shape index (κ3) is 5.02. The third-order valence-corrected chi connectivity index (χ3v) is 6.27. The Morgan fingerprint density at radius 3 is 2.72 bits per heavy atom. The van der Waals surface area contributed by atoms with Gasteiger partial charge in [0.15, 0.2) is 10.8 Å². The SMILES string of the molecule is Cc1ccc(-n2ncc(C(=O)Nc3nc(CN4CCCC(C)C4)cs3)c2C(F)(F)F)cc1. The number of thiazole rings is 1. The molecule has 10 heteroatoms. The van der Waals surface area contributed by atoms with Crippen molar-refractivity contribution < 1.29 is 18.0 Å². The number of piperidine rings is 1. The summed E-state index contributed by atoms with van der Waals surface area (Å²) in [6.07, 6.45) is -1.46. The first-order valence-electron chi connectivity index (χ1n) is 10.4. The van der Waals surface area contributed by atoms with Crippen LogP contribution in [0.3, 0.4) is 0 Å². The highest BCUT2D eigenvalue weighted by Crippen LogP contribution is 2.34. The Kier molecular flexibility index (Phi) is 6.34. The molecular formula is C22H24F3N5OS. The van der Waals surface area contributed by atoms with Gasteiger partial charge in [0.25, 0.3) is 5.91 Å². The minimum Gasteiger partial charge on any atom is -0.298 e. The van der Waals surface area contributed by atoms with E-state index >= 15 is 0 Å². The van der Waals surface area contributed by atoms with Gasteiger partial charge in [-0.15, -0.1) is 11.3 Å². The molecule has 1 aromatic carbocycles. The predicted octanol–water partition coefficient (Wildman–Crippen LogP) is 5.14. The first kappa shape index (κ1) is 22.5. The molecule has 3 heterocycles. The molecule has 0 saturated carbocycles. The molecule has 6 nitrogen and oxygen atoms in total. The highest BCUT2D eigenvalue weighted by Gasteiger charge is 2.40. The molecule has 1 fully saturated rings. The van der Waals surface area contributed by atoms with Crippen LogP contribution in [0.1, 0.15) is 47.1 Å². The second-order valence-corrected chi connectivity index (χ2v) is 9.09. The molecule has 1 unspecified atom stereocenters. The van der Waals surface area contributed by atoms with E-state index in [1.54, 1.807) is 12.1 Å². The van der Waals surface area contributed by atoms with Gasteiger partial charge in [-0.1, -0.05) is 24.6 Å². The zero-order valence-electron chi connectivity index (χ0n) is 17.8. The zero-order chi connectivity index (χ0) is 22.9. The van der Waals surface area contributed by atoms with E-state index in [1.165, 1.54) is 29.9 Å². The molecule has 170 valence electrons. The second-order valence-electron chi connectivity index (χ2n) is 8.23. The highest BCUT2D eigenvalue weighted by atomic mass is 32.1. The summed E-state index contributed by atoms with van der Waals surface area (Å²) in [5.74, 6) is -0.254. The third-order valence-electron chi connectivity index (χ3n) is 5.46. The van der Waals surface area contributed by atoms with Gasteiger partial charge in [-0.25, -0.2) is 9.67 Å². The lowest BCUT2D eigenvalue weighted by Crippen LogP contribution is -2.33. The smallest absolute Gasteiger partial charge is 0.298 e. The fraction of sp³-hybridized carbons (Fsp3) is 0.409. The summed E-state index contributed by atoms with van der Waals surface area (Å²) >= 11 is 1.20. The van der Waals surface area contributed by atoms with Crippen molar-refractivity contribution in [3.8, 4) is 5.69 Å². The van der Waals surface area contributed by atoms with Gasteiger partial charge in [0.1, 0.15) is 0 Å². The van der Waals surface area contributed by atoms with Gasteiger partial charge in [-0.05, 0) is 44.4 Å². The molecule has 0 bridgehead atoms. The molecule has 3 aromatic rings. The quantitative estimate of drug-likeness (QED) is 0.569. The summed E-state index contributed by atoms with van der Waals surface area (Å²) < 4.78 is 42.3. The van der Waals surface area contributed by atoms with Crippen molar-refractivity contribution in [3.05, 3.63) is 58.4 Å². The minimum absolute atomic E-state index is 0.231. The fourth-order valence-electron chi connectivity index (χ4n) is 3.93. The van der Waals surface area contributed by atoms with Crippen LogP contribution >= 0.6 is 11.3 Å². The van der Waals surface area contributed by atoms with Crippen molar-refractivity contribution in [3.63, 3.8) is 0 Å². The summed E-state index contributed by atoms with van der Waals surface area (Å²) in [7, 11) is 0. The van der Waals surface area contributed by atoms with Gasteiger partial charge >= 0.3 is 6.18 Å². The lowest BCUT2D eigenvalue weighted by Gasteiger charge is -2.30. The molecule has 1 amide bonds. The number of nitrogens with zero attached hydrogens (tertiary/aromatic N) is 4. The van der Waals surface area contributed by atoms with E-state index in [9.17, 15) is 18.0 Å². The van der Waals surface area contributed by atoms with E-state index in [2.05, 4.69) is 27.2 Å². The summed E-state index contributed by atoms with van der Waals surface area (Å²) in [6, 6.07) is 6.45. The van der Waals surface area contributed by atoms with E-state index in [0.717, 1.165) is 41.6 Å². The molecule has 1 N–H and O–H groups in total. The summed E-state index contributed by atoms with van der Waals surface area (Å²) in [5, 5.41) is 8.45. The van der Waals surface area contributed by atoms with Crippen molar-refractivity contribution in [2.45, 2.75) is 39.4 Å². The number of hydrogen-bond donors (Lipinski definition) is 1. The molecule has 1 aliphatic rings. The number of amides is 1. The Bertz CT molecular complexity index is 1090. The molecule has 32 heavy (non-hydrogen) atoms. The fourth-order valence-corrected chi connectivity index (χ4v) is 4.63. The van der Waals surface area contributed by atoms with Crippen LogP contribution in [-0.4, -0.2) is 38.7 Å². The van der Waals surface area contributed by atoms with E-state index in [4.69, 9.17) is 0 Å². The van der Waals surface area contributed by atoms with Crippen LogP contribution in [0.2, 0.25) is 0 Å². The van der Waals surface area contributed by atoms with Crippen molar-refractivity contribution in [1.29, 1.82) is 0 Å². The summed E-state index contributed by atoms with van der Waals surface area (Å²) in [5.41, 5.74) is 0.281. The first-order chi connectivity index (χ1) is 15.2. The maximum Gasteiger partial charge on any atom is 0.434 e. The van der Waals surface area contributed by atoms with Crippen LogP contribution in [-0.2, 0) is 12.7 Å². The number of carbonyl (C=O) groups is 1. The van der Waals surface area contributed by atoms with Crippen LogP contribution in [0.4, 0.5) is 18.3 Å². The topological polar surface area (TPSA) is 63.1 Å². The van der Waals surface area contributed by atoms with Crippen LogP contribution < -0.4 is 5.32 Å². The van der Waals surface area contributed by atoms with Crippen molar-refractivity contribution in [2.24, 2.45) is 5.92 Å². The molecule has 0 radical (unpaired) electrons. The Labute approximate surface area is 188 Å². The lowest BCUT2D eigenvalue weighted by atomic mass is 10.0. The number of nitrogens with one attached hydrogen (secondary N) is 1. The van der Waals surface area contributed by atoms with Crippen molar-refractivity contribution in [1.82, 2.24) is 19.7 Å². The number of anilines is 1. The van der Waals surface area contributed by atoms with E-state index in [1.807, 2.05) is 12.3 Å². The predicted molar refractivity (Wildman–Crippen MR) is 117 cm³/mol. The molecule has 4 rings (SSSR count). The van der Waals surface area contributed by atoms with Crippen molar-refractivity contribution >= 4 is 22.4 Å². The number of carbonyl (C=O) groups excluding carboxylic acids is 1. The Morgan fingerprint density at radius 1 is 1.28 bits per heavy atom. The number of aryl methyl sites for hydroxylation is 1. The number of benzene rings is 1. The van der Waals surface area contributed by atoms with Crippen molar-refractivity contribution in [2.75, 3.05) is 18.4 Å². The molecular weight excluding hydrogens is 439 g/mol. The van der Waals surface area contributed by atoms with Crippen LogP contribution in [0.25, 0.3) is 5.69 Å². The van der Waals surface area contributed by atoms with E-state index in [0.29, 0.717) is 12.5 Å². The monoisotopic (exact) mass is 463 g/mol. The lowest BCUT2D eigenvalue weighted by molar-refractivity contribution is -0.143. The van der Waals surface area contributed by atoms with Gasteiger partial charge in [0.05, 0.1) is 23.1 Å². The zero-order valence-corrected chi connectivity index (χ0v) is 18.6. The van der Waals surface area contributed by atoms with E-state index < -0.39 is 23.3 Å². The highest BCUT2D eigenvalue weighted by molar-refractivity contribution is 7.14.